The van der Waals surface area contributed by atoms with Crippen molar-refractivity contribution in [3.8, 4) is 11.4 Å². The molecule has 7 heteroatoms. The maximum atomic E-state index is 12.3. The van der Waals surface area contributed by atoms with Crippen LogP contribution in [-0.4, -0.2) is 27.7 Å². The lowest BCUT2D eigenvalue weighted by Gasteiger charge is -2.29. The molecular weight excluding hydrogens is 385 g/mol. The van der Waals surface area contributed by atoms with Crippen molar-refractivity contribution in [2.75, 3.05) is 7.05 Å². The number of nitrogens with zero attached hydrogens (tertiary/aromatic N) is 2. The molecule has 27 heavy (non-hydrogen) atoms. The molecule has 3 rings (SSSR count). The number of halogens is 2. The lowest BCUT2D eigenvalue weighted by molar-refractivity contribution is -0.144. The van der Waals surface area contributed by atoms with Gasteiger partial charge in [0.25, 0.3) is 0 Å². The van der Waals surface area contributed by atoms with Crippen LogP contribution in [0.4, 0.5) is 0 Å². The summed E-state index contributed by atoms with van der Waals surface area (Å²) in [5.41, 5.74) is 1.12. The van der Waals surface area contributed by atoms with E-state index in [2.05, 4.69) is 10.3 Å². The lowest BCUT2D eigenvalue weighted by atomic mass is 9.91. The van der Waals surface area contributed by atoms with Crippen LogP contribution in [0.3, 0.4) is 0 Å². The minimum atomic E-state index is -1.26. The molecule has 144 valence electrons. The van der Waals surface area contributed by atoms with Gasteiger partial charge in [-0.1, -0.05) is 60.7 Å². The van der Waals surface area contributed by atoms with Crippen LogP contribution >= 0.6 is 24.8 Å². The van der Waals surface area contributed by atoms with Crippen molar-refractivity contribution >= 4 is 30.8 Å². The van der Waals surface area contributed by atoms with E-state index in [1.807, 2.05) is 73.9 Å². The first-order valence-corrected chi connectivity index (χ1v) is 8.15. The molecule has 1 aromatic heterocycles. The molecule has 5 nitrogen and oxygen atoms in total. The maximum absolute atomic E-state index is 12.3. The Morgan fingerprint density at radius 3 is 2.15 bits per heavy atom. The normalized spacial score (nSPS) is 12.4. The standard InChI is InChI=1S/C20H21N3O2.2ClH/c1-20(19(24)25,16-11-7-4-8-12-16)23-14-17(13-21-2)22-18(23)15-9-5-3-6-10-15;;/h3-12,14,21H,13H2,1-2H3,(H,24,25);2*1H. The third kappa shape index (κ3) is 4.33. The highest BCUT2D eigenvalue weighted by atomic mass is 35.5. The number of benzene rings is 2. The topological polar surface area (TPSA) is 67.2 Å². The summed E-state index contributed by atoms with van der Waals surface area (Å²) in [5, 5.41) is 13.2. The van der Waals surface area contributed by atoms with Crippen LogP contribution in [0.5, 0.6) is 0 Å². The SMILES string of the molecule is CNCc1cn(C(C)(C(=O)O)c2ccccc2)c(-c2ccccc2)n1.Cl.Cl. The lowest BCUT2D eigenvalue weighted by Crippen LogP contribution is -2.40. The highest BCUT2D eigenvalue weighted by Gasteiger charge is 2.39. The van der Waals surface area contributed by atoms with Gasteiger partial charge in [-0.25, -0.2) is 9.78 Å². The Morgan fingerprint density at radius 2 is 1.63 bits per heavy atom. The number of aliphatic carboxylic acids is 1. The number of carboxylic acid groups (broad SMARTS) is 1. The van der Waals surface area contributed by atoms with E-state index in [9.17, 15) is 9.90 Å². The fourth-order valence-corrected chi connectivity index (χ4v) is 2.96. The Hall–Kier alpha value is -2.34. The van der Waals surface area contributed by atoms with Crippen molar-refractivity contribution in [3.05, 3.63) is 78.1 Å². The van der Waals surface area contributed by atoms with Gasteiger partial charge in [-0.05, 0) is 19.5 Å². The molecule has 0 aliphatic carbocycles. The number of carbonyl (C=O) groups is 1. The zero-order chi connectivity index (χ0) is 17.9. The molecule has 1 heterocycles. The van der Waals surface area contributed by atoms with Crippen molar-refractivity contribution in [1.29, 1.82) is 0 Å². The Balaban J connectivity index is 0.00000182. The van der Waals surface area contributed by atoms with Gasteiger partial charge < -0.3 is 15.0 Å². The predicted octanol–water partition coefficient (Wildman–Crippen LogP) is 3.96. The predicted molar refractivity (Wildman–Crippen MR) is 112 cm³/mol. The van der Waals surface area contributed by atoms with Gasteiger partial charge in [-0.3, -0.25) is 0 Å². The summed E-state index contributed by atoms with van der Waals surface area (Å²) in [5.74, 6) is -0.288. The van der Waals surface area contributed by atoms with Gasteiger partial charge in [0.05, 0.1) is 5.69 Å². The van der Waals surface area contributed by atoms with Gasteiger partial charge in [-0.15, -0.1) is 24.8 Å². The first kappa shape index (κ1) is 22.7. The fraction of sp³-hybridized carbons (Fsp3) is 0.200. The highest BCUT2D eigenvalue weighted by molar-refractivity contribution is 5.85. The van der Waals surface area contributed by atoms with E-state index in [0.29, 0.717) is 17.9 Å². The average molecular weight is 408 g/mol. The van der Waals surface area contributed by atoms with E-state index < -0.39 is 11.5 Å². The first-order chi connectivity index (χ1) is 12.1. The summed E-state index contributed by atoms with van der Waals surface area (Å²) in [4.78, 5) is 17.0. The smallest absolute Gasteiger partial charge is 0.334 e. The van der Waals surface area contributed by atoms with E-state index in [0.717, 1.165) is 11.3 Å². The Morgan fingerprint density at radius 1 is 1.07 bits per heavy atom. The van der Waals surface area contributed by atoms with Crippen molar-refractivity contribution in [1.82, 2.24) is 14.9 Å². The number of rotatable bonds is 6. The van der Waals surface area contributed by atoms with E-state index in [1.165, 1.54) is 0 Å². The van der Waals surface area contributed by atoms with Crippen molar-refractivity contribution in [2.45, 2.75) is 19.0 Å². The molecule has 3 aromatic rings. The maximum Gasteiger partial charge on any atom is 0.334 e. The second kappa shape index (κ2) is 9.55. The number of imidazole rings is 1. The average Bonchev–Trinajstić information content (AvgIpc) is 3.07. The van der Waals surface area contributed by atoms with E-state index in [4.69, 9.17) is 0 Å². The van der Waals surface area contributed by atoms with Gasteiger partial charge in [0.15, 0.2) is 5.54 Å². The second-order valence-electron chi connectivity index (χ2n) is 6.07. The molecule has 0 aliphatic heterocycles. The second-order valence-corrected chi connectivity index (χ2v) is 6.07. The van der Waals surface area contributed by atoms with Crippen LogP contribution < -0.4 is 5.32 Å². The van der Waals surface area contributed by atoms with Crippen LogP contribution in [0.15, 0.2) is 66.9 Å². The number of hydrogen-bond donors (Lipinski definition) is 2. The van der Waals surface area contributed by atoms with Gasteiger partial charge >= 0.3 is 5.97 Å². The fourth-order valence-electron chi connectivity index (χ4n) is 2.96. The molecule has 0 amide bonds. The van der Waals surface area contributed by atoms with Crippen molar-refractivity contribution in [3.63, 3.8) is 0 Å². The van der Waals surface area contributed by atoms with Crippen LogP contribution in [0.1, 0.15) is 18.2 Å². The van der Waals surface area contributed by atoms with Gasteiger partial charge in [0.2, 0.25) is 0 Å². The third-order valence-electron chi connectivity index (χ3n) is 4.38. The summed E-state index contributed by atoms with van der Waals surface area (Å²) in [6.07, 6.45) is 1.82. The largest absolute Gasteiger partial charge is 0.479 e. The van der Waals surface area contributed by atoms with E-state index in [-0.39, 0.29) is 24.8 Å². The van der Waals surface area contributed by atoms with Gasteiger partial charge in [0.1, 0.15) is 5.82 Å². The molecular formula is C20H23Cl2N3O2. The molecule has 0 saturated heterocycles. The molecule has 0 aliphatic rings. The zero-order valence-electron chi connectivity index (χ0n) is 15.1. The summed E-state index contributed by atoms with van der Waals surface area (Å²) < 4.78 is 1.76. The van der Waals surface area contributed by atoms with Gasteiger partial charge in [-0.2, -0.15) is 0 Å². The number of aromatic nitrogens is 2. The van der Waals surface area contributed by atoms with Crippen molar-refractivity contribution < 1.29 is 9.90 Å². The summed E-state index contributed by atoms with van der Waals surface area (Å²) in [7, 11) is 1.84. The minimum absolute atomic E-state index is 0. The third-order valence-corrected chi connectivity index (χ3v) is 4.38. The molecule has 1 atom stereocenters. The van der Waals surface area contributed by atoms with Gasteiger partial charge in [0, 0.05) is 18.3 Å². The van der Waals surface area contributed by atoms with E-state index >= 15 is 0 Å². The molecule has 0 fully saturated rings. The number of carboxylic acids is 1. The summed E-state index contributed by atoms with van der Waals surface area (Å²) in [6.45, 7) is 2.28. The Labute approximate surface area is 171 Å². The number of nitrogens with one attached hydrogen (secondary N) is 1. The van der Waals surface area contributed by atoms with Crippen LogP contribution in [0.2, 0.25) is 0 Å². The molecule has 2 N–H and O–H groups in total. The van der Waals surface area contributed by atoms with Crippen LogP contribution in [0, 0.1) is 0 Å². The monoisotopic (exact) mass is 407 g/mol. The number of hydrogen-bond acceptors (Lipinski definition) is 3. The molecule has 0 spiro atoms. The quantitative estimate of drug-likeness (QED) is 0.648. The Bertz CT molecular complexity index is 869. The highest BCUT2D eigenvalue weighted by Crippen LogP contribution is 2.32. The van der Waals surface area contributed by atoms with Crippen molar-refractivity contribution in [2.24, 2.45) is 0 Å². The minimum Gasteiger partial charge on any atom is -0.479 e. The first-order valence-electron chi connectivity index (χ1n) is 8.15. The zero-order valence-corrected chi connectivity index (χ0v) is 16.8. The molecule has 0 saturated carbocycles. The Kier molecular flexibility index (Phi) is 8.03. The molecule has 1 unspecified atom stereocenters. The molecule has 0 radical (unpaired) electrons. The van der Waals surface area contributed by atoms with Crippen LogP contribution in [-0.2, 0) is 16.9 Å². The summed E-state index contributed by atoms with van der Waals surface area (Å²) in [6, 6.07) is 18.9. The summed E-state index contributed by atoms with van der Waals surface area (Å²) >= 11 is 0. The van der Waals surface area contributed by atoms with E-state index in [1.54, 1.807) is 11.5 Å². The molecule has 2 aromatic carbocycles. The molecule has 0 bridgehead atoms. The van der Waals surface area contributed by atoms with Crippen LogP contribution in [0.25, 0.3) is 11.4 Å².